The van der Waals surface area contributed by atoms with Gasteiger partial charge in [-0.1, -0.05) is 0 Å². The smallest absolute Gasteiger partial charge is 0.286 e. The van der Waals surface area contributed by atoms with Gasteiger partial charge in [-0.25, -0.2) is 4.39 Å². The summed E-state index contributed by atoms with van der Waals surface area (Å²) in [5.41, 5.74) is 0.765. The third kappa shape index (κ3) is 5.31. The molecule has 0 radical (unpaired) electrons. The predicted octanol–water partition coefficient (Wildman–Crippen LogP) is 3.51. The van der Waals surface area contributed by atoms with Gasteiger partial charge < -0.3 is 19.5 Å². The summed E-state index contributed by atoms with van der Waals surface area (Å²) in [6.07, 6.45) is 2.22. The van der Waals surface area contributed by atoms with Crippen LogP contribution in [-0.2, 0) is 11.3 Å². The van der Waals surface area contributed by atoms with E-state index in [0.29, 0.717) is 24.5 Å². The predicted molar refractivity (Wildman–Crippen MR) is 96.2 cm³/mol. The highest BCUT2D eigenvalue weighted by atomic mass is 19.1. The zero-order valence-electron chi connectivity index (χ0n) is 14.5. The van der Waals surface area contributed by atoms with E-state index in [-0.39, 0.29) is 36.4 Å². The molecule has 2 N–H and O–H groups in total. The number of hydrogen-bond donors (Lipinski definition) is 2. The molecule has 2 amide bonds. The fourth-order valence-electron chi connectivity index (χ4n) is 2.46. The average molecular weight is 370 g/mol. The normalized spacial score (nSPS) is 10.6. The summed E-state index contributed by atoms with van der Waals surface area (Å²) < 4.78 is 23.6. The van der Waals surface area contributed by atoms with Gasteiger partial charge in [-0.2, -0.15) is 0 Å². The highest BCUT2D eigenvalue weighted by molar-refractivity contribution is 5.91. The molecule has 7 heteroatoms. The van der Waals surface area contributed by atoms with Crippen molar-refractivity contribution in [1.82, 2.24) is 10.6 Å². The lowest BCUT2D eigenvalue weighted by atomic mass is 10.2. The monoisotopic (exact) mass is 370 g/mol. The maximum atomic E-state index is 13.0. The maximum absolute atomic E-state index is 13.0. The maximum Gasteiger partial charge on any atom is 0.286 e. The van der Waals surface area contributed by atoms with Gasteiger partial charge in [0, 0.05) is 18.5 Å². The van der Waals surface area contributed by atoms with Crippen molar-refractivity contribution in [3.8, 4) is 11.3 Å². The van der Waals surface area contributed by atoms with E-state index in [2.05, 4.69) is 10.6 Å². The standard InChI is InChI=1S/C20H19FN2O4/c21-15-7-5-14(6-8-15)17-10-9-16(27-17)13-23-19(24)4-1-11-22-20(25)18-3-2-12-26-18/h2-3,5-10,12H,1,4,11,13H2,(H,22,25)(H,23,24). The molecule has 2 aromatic heterocycles. The Bertz CT molecular complexity index is 885. The molecule has 0 spiro atoms. The Morgan fingerprint density at radius 1 is 1.00 bits per heavy atom. The molecule has 0 saturated carbocycles. The van der Waals surface area contributed by atoms with Crippen LogP contribution in [0.5, 0.6) is 0 Å². The van der Waals surface area contributed by atoms with Crippen LogP contribution in [0.15, 0.2) is 63.6 Å². The second-order valence-corrected chi connectivity index (χ2v) is 5.89. The van der Waals surface area contributed by atoms with Crippen molar-refractivity contribution >= 4 is 11.8 Å². The van der Waals surface area contributed by atoms with Gasteiger partial charge in [0.05, 0.1) is 12.8 Å². The van der Waals surface area contributed by atoms with E-state index in [9.17, 15) is 14.0 Å². The molecule has 0 bridgehead atoms. The van der Waals surface area contributed by atoms with Crippen LogP contribution in [0, 0.1) is 5.82 Å². The minimum atomic E-state index is -0.307. The first-order chi connectivity index (χ1) is 13.1. The van der Waals surface area contributed by atoms with Crippen LogP contribution in [0.1, 0.15) is 29.2 Å². The third-order valence-electron chi connectivity index (χ3n) is 3.86. The topological polar surface area (TPSA) is 84.5 Å². The molecule has 2 heterocycles. The Morgan fingerprint density at radius 2 is 1.81 bits per heavy atom. The largest absolute Gasteiger partial charge is 0.459 e. The fourth-order valence-corrected chi connectivity index (χ4v) is 2.46. The summed E-state index contributed by atoms with van der Waals surface area (Å²) in [7, 11) is 0. The van der Waals surface area contributed by atoms with Gasteiger partial charge in [0.15, 0.2) is 5.76 Å². The van der Waals surface area contributed by atoms with E-state index >= 15 is 0 Å². The third-order valence-corrected chi connectivity index (χ3v) is 3.86. The SMILES string of the molecule is O=C(CCCNC(=O)c1ccco1)NCc1ccc(-c2ccc(F)cc2)o1. The highest BCUT2D eigenvalue weighted by Crippen LogP contribution is 2.22. The zero-order valence-corrected chi connectivity index (χ0v) is 14.5. The number of nitrogens with one attached hydrogen (secondary N) is 2. The van der Waals surface area contributed by atoms with Crippen molar-refractivity contribution in [2.75, 3.05) is 6.54 Å². The molecular formula is C20H19FN2O4. The number of rotatable bonds is 8. The van der Waals surface area contributed by atoms with Gasteiger partial charge in [-0.15, -0.1) is 0 Å². The minimum absolute atomic E-state index is 0.137. The van der Waals surface area contributed by atoms with Crippen molar-refractivity contribution < 1.29 is 22.8 Å². The molecule has 0 atom stereocenters. The molecule has 27 heavy (non-hydrogen) atoms. The summed E-state index contributed by atoms with van der Waals surface area (Å²) in [5, 5.41) is 5.45. The Kier molecular flexibility index (Phi) is 6.04. The molecule has 0 aliphatic heterocycles. The minimum Gasteiger partial charge on any atom is -0.459 e. The number of halogens is 1. The Morgan fingerprint density at radius 3 is 2.56 bits per heavy atom. The summed E-state index contributed by atoms with van der Waals surface area (Å²) in [4.78, 5) is 23.5. The molecule has 6 nitrogen and oxygen atoms in total. The van der Waals surface area contributed by atoms with Gasteiger partial charge in [0.1, 0.15) is 17.3 Å². The van der Waals surface area contributed by atoms with Crippen molar-refractivity contribution in [1.29, 1.82) is 0 Å². The van der Waals surface area contributed by atoms with E-state index in [1.165, 1.54) is 18.4 Å². The zero-order chi connectivity index (χ0) is 19.1. The quantitative estimate of drug-likeness (QED) is 0.595. The number of furan rings is 2. The van der Waals surface area contributed by atoms with Crippen LogP contribution in [-0.4, -0.2) is 18.4 Å². The first-order valence-electron chi connectivity index (χ1n) is 8.55. The van der Waals surface area contributed by atoms with Crippen LogP contribution in [0.25, 0.3) is 11.3 Å². The molecule has 140 valence electrons. The van der Waals surface area contributed by atoms with Crippen LogP contribution >= 0.6 is 0 Å². The lowest BCUT2D eigenvalue weighted by Gasteiger charge is -2.05. The Labute approximate surface area is 155 Å². The van der Waals surface area contributed by atoms with E-state index in [0.717, 1.165) is 5.56 Å². The number of amides is 2. The summed E-state index contributed by atoms with van der Waals surface area (Å²) in [5.74, 6) is 0.715. The molecule has 1 aromatic carbocycles. The first-order valence-corrected chi connectivity index (χ1v) is 8.55. The summed E-state index contributed by atoms with van der Waals surface area (Å²) in [6.45, 7) is 0.640. The van der Waals surface area contributed by atoms with Crippen LogP contribution < -0.4 is 10.6 Å². The second-order valence-electron chi connectivity index (χ2n) is 5.89. The average Bonchev–Trinajstić information content (AvgIpc) is 3.36. The first kappa shape index (κ1) is 18.4. The lowest BCUT2D eigenvalue weighted by Crippen LogP contribution is -2.27. The molecule has 0 aliphatic rings. The van der Waals surface area contributed by atoms with Gasteiger partial charge in [0.25, 0.3) is 5.91 Å². The van der Waals surface area contributed by atoms with E-state index in [1.807, 2.05) is 0 Å². The molecule has 0 fully saturated rings. The Hall–Kier alpha value is -3.35. The summed E-state index contributed by atoms with van der Waals surface area (Å²) in [6, 6.07) is 12.8. The number of carbonyl (C=O) groups excluding carboxylic acids is 2. The Balaban J connectivity index is 1.37. The summed E-state index contributed by atoms with van der Waals surface area (Å²) >= 11 is 0. The molecule has 3 aromatic rings. The molecule has 3 rings (SSSR count). The molecule has 0 aliphatic carbocycles. The van der Waals surface area contributed by atoms with E-state index in [4.69, 9.17) is 8.83 Å². The fraction of sp³-hybridized carbons (Fsp3) is 0.200. The van der Waals surface area contributed by atoms with E-state index in [1.54, 1.807) is 36.4 Å². The van der Waals surface area contributed by atoms with E-state index < -0.39 is 0 Å². The number of benzene rings is 1. The van der Waals surface area contributed by atoms with Crippen LogP contribution in [0.2, 0.25) is 0 Å². The highest BCUT2D eigenvalue weighted by Gasteiger charge is 2.09. The lowest BCUT2D eigenvalue weighted by molar-refractivity contribution is -0.121. The number of carbonyl (C=O) groups is 2. The van der Waals surface area contributed by atoms with Crippen LogP contribution in [0.3, 0.4) is 0 Å². The second kappa shape index (κ2) is 8.84. The number of hydrogen-bond acceptors (Lipinski definition) is 4. The van der Waals surface area contributed by atoms with Gasteiger partial charge in [0.2, 0.25) is 5.91 Å². The van der Waals surface area contributed by atoms with Gasteiger partial charge in [-0.05, 0) is 55.0 Å². The van der Waals surface area contributed by atoms with Crippen LogP contribution in [0.4, 0.5) is 4.39 Å². The van der Waals surface area contributed by atoms with Gasteiger partial charge >= 0.3 is 0 Å². The van der Waals surface area contributed by atoms with Crippen molar-refractivity contribution in [2.24, 2.45) is 0 Å². The molecular weight excluding hydrogens is 351 g/mol. The van der Waals surface area contributed by atoms with Crippen molar-refractivity contribution in [3.05, 3.63) is 72.1 Å². The van der Waals surface area contributed by atoms with Crippen molar-refractivity contribution in [3.63, 3.8) is 0 Å². The molecule has 0 saturated heterocycles. The molecule has 0 unspecified atom stereocenters. The van der Waals surface area contributed by atoms with Crippen molar-refractivity contribution in [2.45, 2.75) is 19.4 Å². The van der Waals surface area contributed by atoms with Gasteiger partial charge in [-0.3, -0.25) is 9.59 Å².